The molecule has 0 saturated carbocycles. The van der Waals surface area contributed by atoms with Crippen molar-refractivity contribution in [1.29, 1.82) is 0 Å². The highest BCUT2D eigenvalue weighted by Gasteiger charge is 2.47. The Balaban J connectivity index is 2.04. The lowest BCUT2D eigenvalue weighted by Gasteiger charge is -2.44. The molecular formula is C11H24N2O+2. The largest absolute Gasteiger partial charge is 0.375 e. The Morgan fingerprint density at radius 1 is 1.36 bits per heavy atom. The number of rotatable bonds is 1. The van der Waals surface area contributed by atoms with Gasteiger partial charge in [0.25, 0.3) is 0 Å². The second kappa shape index (κ2) is 3.80. The Morgan fingerprint density at radius 3 is 2.86 bits per heavy atom. The van der Waals surface area contributed by atoms with Crippen molar-refractivity contribution in [3.8, 4) is 0 Å². The maximum absolute atomic E-state index is 5.91. The zero-order valence-electron chi connectivity index (χ0n) is 9.51. The van der Waals surface area contributed by atoms with Crippen LogP contribution in [-0.2, 0) is 4.74 Å². The van der Waals surface area contributed by atoms with Crippen LogP contribution in [-0.4, -0.2) is 37.4 Å². The van der Waals surface area contributed by atoms with Gasteiger partial charge < -0.3 is 15.4 Å². The molecule has 0 amide bonds. The molecule has 2 fully saturated rings. The molecule has 0 unspecified atom stereocenters. The smallest absolute Gasteiger partial charge is 0.150 e. The van der Waals surface area contributed by atoms with Gasteiger partial charge in [-0.25, -0.2) is 0 Å². The van der Waals surface area contributed by atoms with E-state index in [0.29, 0.717) is 5.54 Å². The van der Waals surface area contributed by atoms with E-state index in [-0.39, 0.29) is 5.60 Å². The fraction of sp³-hybridized carbons (Fsp3) is 1.00. The van der Waals surface area contributed by atoms with E-state index in [2.05, 4.69) is 24.5 Å². The van der Waals surface area contributed by atoms with E-state index in [9.17, 15) is 0 Å². The topological polar surface area (TPSA) is 42.5 Å². The quantitative estimate of drug-likeness (QED) is 0.551. The first-order valence-electron chi connectivity index (χ1n) is 5.98. The van der Waals surface area contributed by atoms with Crippen LogP contribution < -0.4 is 10.6 Å². The molecule has 1 spiro atoms. The van der Waals surface area contributed by atoms with Crippen molar-refractivity contribution in [2.45, 2.75) is 44.2 Å². The summed E-state index contributed by atoms with van der Waals surface area (Å²) in [5.74, 6) is 0. The molecule has 0 bridgehead atoms. The molecule has 2 atom stereocenters. The van der Waals surface area contributed by atoms with Gasteiger partial charge in [-0.3, -0.25) is 0 Å². The highest BCUT2D eigenvalue weighted by Crippen LogP contribution is 2.31. The van der Waals surface area contributed by atoms with Crippen LogP contribution in [0.3, 0.4) is 0 Å². The zero-order chi connectivity index (χ0) is 10.1. The monoisotopic (exact) mass is 200 g/mol. The number of hydrogen-bond donors (Lipinski definition) is 2. The molecule has 2 aliphatic rings. The van der Waals surface area contributed by atoms with E-state index in [1.807, 2.05) is 0 Å². The first-order valence-corrected chi connectivity index (χ1v) is 5.98. The normalized spacial score (nSPS) is 44.1. The number of quaternary nitrogens is 2. The summed E-state index contributed by atoms with van der Waals surface area (Å²) in [6.45, 7) is 9.31. The number of hydrogen-bond acceptors (Lipinski definition) is 1. The van der Waals surface area contributed by atoms with Crippen LogP contribution in [0.1, 0.15) is 33.1 Å². The molecule has 14 heavy (non-hydrogen) atoms. The summed E-state index contributed by atoms with van der Waals surface area (Å²) in [6, 6.07) is 0. The Hall–Kier alpha value is -0.120. The fourth-order valence-corrected chi connectivity index (χ4v) is 2.94. The highest BCUT2D eigenvalue weighted by atomic mass is 16.5. The van der Waals surface area contributed by atoms with Crippen molar-refractivity contribution in [3.05, 3.63) is 0 Å². The minimum atomic E-state index is 0.139. The van der Waals surface area contributed by atoms with Crippen molar-refractivity contribution in [2.24, 2.45) is 0 Å². The molecule has 4 N–H and O–H groups in total. The van der Waals surface area contributed by atoms with E-state index in [1.54, 1.807) is 0 Å². The summed E-state index contributed by atoms with van der Waals surface area (Å²) in [5, 5.41) is 5.05. The molecule has 2 rings (SSSR count). The predicted molar refractivity (Wildman–Crippen MR) is 55.1 cm³/mol. The third kappa shape index (κ3) is 1.95. The third-order valence-electron chi connectivity index (χ3n) is 4.02. The highest BCUT2D eigenvalue weighted by molar-refractivity contribution is 4.91. The minimum absolute atomic E-state index is 0.139. The molecule has 3 nitrogen and oxygen atoms in total. The van der Waals surface area contributed by atoms with E-state index in [4.69, 9.17) is 4.74 Å². The van der Waals surface area contributed by atoms with Gasteiger partial charge in [0.1, 0.15) is 19.6 Å². The van der Waals surface area contributed by atoms with Gasteiger partial charge in [0, 0.05) is 12.8 Å². The second-order valence-corrected chi connectivity index (χ2v) is 5.22. The summed E-state index contributed by atoms with van der Waals surface area (Å²) < 4.78 is 5.91. The first kappa shape index (κ1) is 10.4. The van der Waals surface area contributed by atoms with Crippen LogP contribution >= 0.6 is 0 Å². The van der Waals surface area contributed by atoms with Crippen LogP contribution in [0.4, 0.5) is 0 Å². The minimum Gasteiger partial charge on any atom is -0.375 e. The van der Waals surface area contributed by atoms with E-state index >= 15 is 0 Å². The van der Waals surface area contributed by atoms with Gasteiger partial charge in [0.15, 0.2) is 5.54 Å². The maximum atomic E-state index is 5.91. The molecule has 82 valence electrons. The molecular weight excluding hydrogens is 176 g/mol. The Kier molecular flexibility index (Phi) is 2.82. The van der Waals surface area contributed by atoms with Gasteiger partial charge in [-0.05, 0) is 13.3 Å². The van der Waals surface area contributed by atoms with Crippen LogP contribution in [0.2, 0.25) is 0 Å². The van der Waals surface area contributed by atoms with E-state index in [1.165, 1.54) is 32.5 Å². The van der Waals surface area contributed by atoms with Crippen LogP contribution in [0, 0.1) is 0 Å². The fourth-order valence-electron chi connectivity index (χ4n) is 2.94. The zero-order valence-corrected chi connectivity index (χ0v) is 9.51. The first-order chi connectivity index (χ1) is 6.68. The number of ether oxygens (including phenoxy) is 1. The predicted octanol–water partition coefficient (Wildman–Crippen LogP) is -1.16. The molecule has 2 aliphatic heterocycles. The van der Waals surface area contributed by atoms with Gasteiger partial charge in [-0.1, -0.05) is 6.92 Å². The van der Waals surface area contributed by atoms with Gasteiger partial charge in [0.05, 0.1) is 12.2 Å². The van der Waals surface area contributed by atoms with Crippen molar-refractivity contribution < 1.29 is 15.4 Å². The summed E-state index contributed by atoms with van der Waals surface area (Å²) in [4.78, 5) is 0. The molecule has 2 saturated heterocycles. The molecule has 2 heterocycles. The van der Waals surface area contributed by atoms with Crippen molar-refractivity contribution >= 4 is 0 Å². The second-order valence-electron chi connectivity index (χ2n) is 5.22. The summed E-state index contributed by atoms with van der Waals surface area (Å²) in [5.41, 5.74) is 0.626. The SMILES string of the molecule is CC[C@@]1(C)C[C@]2(CCO1)C[NH2+]CC[NH2+]2. The number of nitrogens with two attached hydrogens (primary N) is 2. The van der Waals surface area contributed by atoms with Crippen molar-refractivity contribution in [1.82, 2.24) is 0 Å². The van der Waals surface area contributed by atoms with Crippen LogP contribution in [0.5, 0.6) is 0 Å². The average Bonchev–Trinajstić information content (AvgIpc) is 2.19. The van der Waals surface area contributed by atoms with E-state index < -0.39 is 0 Å². The van der Waals surface area contributed by atoms with Crippen LogP contribution in [0.25, 0.3) is 0 Å². The van der Waals surface area contributed by atoms with E-state index in [0.717, 1.165) is 13.0 Å². The van der Waals surface area contributed by atoms with Crippen molar-refractivity contribution in [2.75, 3.05) is 26.2 Å². The van der Waals surface area contributed by atoms with Crippen molar-refractivity contribution in [3.63, 3.8) is 0 Å². The Labute approximate surface area is 86.6 Å². The van der Waals surface area contributed by atoms with Gasteiger partial charge in [0.2, 0.25) is 0 Å². The molecule has 3 heteroatoms. The lowest BCUT2D eigenvalue weighted by atomic mass is 9.78. The number of piperazine rings is 1. The molecule has 0 aromatic carbocycles. The third-order valence-corrected chi connectivity index (χ3v) is 4.02. The summed E-state index contributed by atoms with van der Waals surface area (Å²) >= 11 is 0. The molecule has 0 aliphatic carbocycles. The summed E-state index contributed by atoms with van der Waals surface area (Å²) in [7, 11) is 0. The van der Waals surface area contributed by atoms with Gasteiger partial charge in [-0.15, -0.1) is 0 Å². The maximum Gasteiger partial charge on any atom is 0.150 e. The lowest BCUT2D eigenvalue weighted by molar-refractivity contribution is -0.841. The molecule has 0 aromatic heterocycles. The molecule has 0 aromatic rings. The van der Waals surface area contributed by atoms with Gasteiger partial charge >= 0.3 is 0 Å². The lowest BCUT2D eigenvalue weighted by Crippen LogP contribution is -3.13. The Morgan fingerprint density at radius 2 is 2.21 bits per heavy atom. The average molecular weight is 200 g/mol. The van der Waals surface area contributed by atoms with Crippen LogP contribution in [0.15, 0.2) is 0 Å². The molecule has 0 radical (unpaired) electrons. The van der Waals surface area contributed by atoms with Gasteiger partial charge in [-0.2, -0.15) is 0 Å². The summed E-state index contributed by atoms with van der Waals surface area (Å²) in [6.07, 6.45) is 3.61. The standard InChI is InChI=1S/C11H22N2O/c1-3-10(2)8-11(4-7-14-10)9-12-5-6-13-11/h12-13H,3-9H2,1-2H3/p+2/t10-,11+/m0/s1. The Bertz CT molecular complexity index is 196.